The summed E-state index contributed by atoms with van der Waals surface area (Å²) in [6.07, 6.45) is 3.08. The van der Waals surface area contributed by atoms with Crippen molar-refractivity contribution in [2.24, 2.45) is 0 Å². The lowest BCUT2D eigenvalue weighted by molar-refractivity contribution is -0.0546. The van der Waals surface area contributed by atoms with Gasteiger partial charge in [-0.1, -0.05) is 55.9 Å². The van der Waals surface area contributed by atoms with Gasteiger partial charge >= 0.3 is 0 Å². The van der Waals surface area contributed by atoms with Crippen LogP contribution in [0.4, 0.5) is 5.82 Å². The molecule has 1 aromatic carbocycles. The van der Waals surface area contributed by atoms with Gasteiger partial charge in [-0.3, -0.25) is 0 Å². The van der Waals surface area contributed by atoms with Crippen LogP contribution in [0.5, 0.6) is 0 Å². The summed E-state index contributed by atoms with van der Waals surface area (Å²) >= 11 is 3.57. The van der Waals surface area contributed by atoms with Crippen molar-refractivity contribution in [2.75, 3.05) is 11.1 Å². The van der Waals surface area contributed by atoms with E-state index in [4.69, 9.17) is 14.7 Å². The van der Waals surface area contributed by atoms with Crippen molar-refractivity contribution in [1.29, 1.82) is 0 Å². The highest BCUT2D eigenvalue weighted by Gasteiger charge is 2.32. The zero-order valence-corrected chi connectivity index (χ0v) is 18.4. The molecule has 1 N–H and O–H groups in total. The SMILES string of the molecule is CCCSc1nc(NCc2ccccc2)c2sc3c(c2n1)CO[C@](C)(CC)C3. The Morgan fingerprint density at radius 2 is 2.04 bits per heavy atom. The highest BCUT2D eigenvalue weighted by atomic mass is 32.2. The van der Waals surface area contributed by atoms with Crippen molar-refractivity contribution >= 4 is 39.1 Å². The lowest BCUT2D eigenvalue weighted by atomic mass is 9.93. The van der Waals surface area contributed by atoms with Crippen LogP contribution in [-0.4, -0.2) is 21.3 Å². The predicted octanol–water partition coefficient (Wildman–Crippen LogP) is 6.05. The van der Waals surface area contributed by atoms with Crippen molar-refractivity contribution in [3.63, 3.8) is 0 Å². The Bertz CT molecular complexity index is 957. The number of fused-ring (bicyclic) bond motifs is 3. The summed E-state index contributed by atoms with van der Waals surface area (Å²) in [5, 5.41) is 4.43. The fourth-order valence-electron chi connectivity index (χ4n) is 3.36. The number of benzene rings is 1. The minimum Gasteiger partial charge on any atom is -0.370 e. The summed E-state index contributed by atoms with van der Waals surface area (Å²) in [4.78, 5) is 11.2. The van der Waals surface area contributed by atoms with E-state index in [1.807, 2.05) is 17.4 Å². The fourth-order valence-corrected chi connectivity index (χ4v) is 5.44. The Labute approximate surface area is 175 Å². The number of nitrogens with zero attached hydrogens (tertiary/aromatic N) is 2. The summed E-state index contributed by atoms with van der Waals surface area (Å²) in [6, 6.07) is 10.5. The standard InChI is InChI=1S/C22H27N3OS2/c1-4-11-27-21-24-18-16-14-26-22(3,5-2)12-17(16)28-19(18)20(25-21)23-13-15-9-7-6-8-10-15/h6-10H,4-5,11-14H2,1-3H3,(H,23,24,25)/t22-/m1/s1. The van der Waals surface area contributed by atoms with E-state index in [0.717, 1.165) is 52.8 Å². The van der Waals surface area contributed by atoms with Gasteiger partial charge in [0.1, 0.15) is 5.82 Å². The third-order valence-electron chi connectivity index (χ3n) is 5.28. The second-order valence-electron chi connectivity index (χ2n) is 7.49. The van der Waals surface area contributed by atoms with E-state index < -0.39 is 0 Å². The molecule has 28 heavy (non-hydrogen) atoms. The zero-order valence-electron chi connectivity index (χ0n) is 16.7. The first-order chi connectivity index (χ1) is 13.6. The number of anilines is 1. The van der Waals surface area contributed by atoms with Crippen LogP contribution >= 0.6 is 23.1 Å². The van der Waals surface area contributed by atoms with Crippen LogP contribution in [0.25, 0.3) is 10.2 Å². The van der Waals surface area contributed by atoms with Gasteiger partial charge < -0.3 is 10.1 Å². The zero-order chi connectivity index (χ0) is 19.6. The van der Waals surface area contributed by atoms with Gasteiger partial charge in [-0.05, 0) is 25.3 Å². The topological polar surface area (TPSA) is 47.0 Å². The van der Waals surface area contributed by atoms with E-state index in [0.29, 0.717) is 6.61 Å². The normalized spacial score (nSPS) is 19.0. The number of thioether (sulfide) groups is 1. The van der Waals surface area contributed by atoms with E-state index in [9.17, 15) is 0 Å². The molecule has 0 saturated heterocycles. The van der Waals surface area contributed by atoms with Gasteiger partial charge in [-0.15, -0.1) is 11.3 Å². The van der Waals surface area contributed by atoms with Crippen molar-refractivity contribution < 1.29 is 4.74 Å². The van der Waals surface area contributed by atoms with E-state index in [1.165, 1.54) is 16.0 Å². The number of thiophene rings is 1. The van der Waals surface area contributed by atoms with Crippen LogP contribution in [0.3, 0.4) is 0 Å². The number of hydrogen-bond donors (Lipinski definition) is 1. The van der Waals surface area contributed by atoms with Gasteiger partial charge in [0.25, 0.3) is 0 Å². The third kappa shape index (κ3) is 4.04. The number of hydrogen-bond acceptors (Lipinski definition) is 6. The molecule has 148 valence electrons. The molecule has 3 aromatic rings. The molecule has 3 heterocycles. The number of rotatable bonds is 7. The van der Waals surface area contributed by atoms with Crippen LogP contribution in [0.1, 0.15) is 49.6 Å². The van der Waals surface area contributed by atoms with Crippen LogP contribution in [0.2, 0.25) is 0 Å². The minimum atomic E-state index is -0.0707. The third-order valence-corrected chi connectivity index (χ3v) is 7.56. The van der Waals surface area contributed by atoms with Gasteiger partial charge in [0, 0.05) is 29.2 Å². The first-order valence-corrected chi connectivity index (χ1v) is 11.8. The molecular formula is C22H27N3OS2. The summed E-state index contributed by atoms with van der Waals surface area (Å²) < 4.78 is 7.37. The lowest BCUT2D eigenvalue weighted by Gasteiger charge is -2.32. The Morgan fingerprint density at radius 3 is 2.79 bits per heavy atom. The predicted molar refractivity (Wildman–Crippen MR) is 119 cm³/mol. The van der Waals surface area contributed by atoms with Gasteiger partial charge in [0.15, 0.2) is 5.16 Å². The maximum Gasteiger partial charge on any atom is 0.190 e. The van der Waals surface area contributed by atoms with Crippen molar-refractivity contribution in [3.8, 4) is 0 Å². The highest BCUT2D eigenvalue weighted by Crippen LogP contribution is 2.42. The van der Waals surface area contributed by atoms with E-state index in [2.05, 4.69) is 50.4 Å². The minimum absolute atomic E-state index is 0.0707. The highest BCUT2D eigenvalue weighted by molar-refractivity contribution is 7.99. The number of nitrogens with one attached hydrogen (secondary N) is 1. The first-order valence-electron chi connectivity index (χ1n) is 9.98. The molecule has 0 aliphatic carbocycles. The average Bonchev–Trinajstić information content (AvgIpc) is 3.08. The summed E-state index contributed by atoms with van der Waals surface area (Å²) in [5.74, 6) is 1.98. The molecule has 0 spiro atoms. The van der Waals surface area contributed by atoms with Gasteiger partial charge in [-0.25, -0.2) is 9.97 Å². The molecule has 0 bridgehead atoms. The van der Waals surface area contributed by atoms with Crippen LogP contribution < -0.4 is 5.32 Å². The molecule has 0 unspecified atom stereocenters. The summed E-state index contributed by atoms with van der Waals surface area (Å²) in [7, 11) is 0. The molecule has 0 radical (unpaired) electrons. The molecule has 2 aromatic heterocycles. The van der Waals surface area contributed by atoms with Crippen molar-refractivity contribution in [2.45, 2.75) is 63.9 Å². The second kappa shape index (κ2) is 8.39. The van der Waals surface area contributed by atoms with Crippen LogP contribution in [-0.2, 0) is 24.3 Å². The molecule has 1 aliphatic rings. The molecule has 6 heteroatoms. The molecule has 0 amide bonds. The quantitative estimate of drug-likeness (QED) is 0.377. The Hall–Kier alpha value is -1.63. The lowest BCUT2D eigenvalue weighted by Crippen LogP contribution is -2.33. The molecule has 1 aliphatic heterocycles. The number of ether oxygens (including phenoxy) is 1. The Morgan fingerprint density at radius 1 is 1.21 bits per heavy atom. The molecule has 0 fully saturated rings. The van der Waals surface area contributed by atoms with Gasteiger partial charge in [-0.2, -0.15) is 0 Å². The van der Waals surface area contributed by atoms with Gasteiger partial charge in [0.2, 0.25) is 0 Å². The Kier molecular flexibility index (Phi) is 5.90. The molecular weight excluding hydrogens is 386 g/mol. The largest absolute Gasteiger partial charge is 0.370 e. The fraction of sp³-hybridized carbons (Fsp3) is 0.455. The average molecular weight is 414 g/mol. The van der Waals surface area contributed by atoms with E-state index in [-0.39, 0.29) is 5.60 Å². The maximum atomic E-state index is 6.22. The number of aromatic nitrogens is 2. The van der Waals surface area contributed by atoms with Crippen LogP contribution in [0.15, 0.2) is 35.5 Å². The second-order valence-corrected chi connectivity index (χ2v) is 9.66. The summed E-state index contributed by atoms with van der Waals surface area (Å²) in [6.45, 7) is 8.00. The smallest absolute Gasteiger partial charge is 0.190 e. The molecule has 0 saturated carbocycles. The summed E-state index contributed by atoms with van der Waals surface area (Å²) in [5.41, 5.74) is 3.51. The van der Waals surface area contributed by atoms with E-state index >= 15 is 0 Å². The molecule has 1 atom stereocenters. The van der Waals surface area contributed by atoms with Crippen molar-refractivity contribution in [1.82, 2.24) is 9.97 Å². The first kappa shape index (κ1) is 19.7. The monoisotopic (exact) mass is 413 g/mol. The van der Waals surface area contributed by atoms with Crippen molar-refractivity contribution in [3.05, 3.63) is 46.3 Å². The van der Waals surface area contributed by atoms with Gasteiger partial charge in [0.05, 0.1) is 22.4 Å². The van der Waals surface area contributed by atoms with E-state index in [1.54, 1.807) is 11.8 Å². The van der Waals surface area contributed by atoms with Crippen LogP contribution in [0, 0.1) is 0 Å². The Balaban J connectivity index is 1.72. The molecule has 4 nitrogen and oxygen atoms in total. The maximum absolute atomic E-state index is 6.22. The molecule has 4 rings (SSSR count).